The zero-order valence-electron chi connectivity index (χ0n) is 14.0. The molecule has 9 heteroatoms. The Morgan fingerprint density at radius 2 is 2.08 bits per heavy atom. The molecule has 2 heterocycles. The number of nitro groups is 1. The number of rotatable bonds is 6. The normalized spacial score (nSPS) is 18.0. The lowest BCUT2D eigenvalue weighted by Gasteiger charge is -2.27. The van der Waals surface area contributed by atoms with Crippen molar-refractivity contribution in [2.24, 2.45) is 5.92 Å². The van der Waals surface area contributed by atoms with Crippen molar-refractivity contribution in [2.75, 3.05) is 6.54 Å². The molecule has 0 aromatic carbocycles. The molecule has 1 aromatic heterocycles. The van der Waals surface area contributed by atoms with Crippen LogP contribution in [0.15, 0.2) is 17.5 Å². The number of carbonyl (C=O) groups is 2. The van der Waals surface area contributed by atoms with Crippen molar-refractivity contribution in [2.45, 2.75) is 40.3 Å². The fraction of sp³-hybridized carbons (Fsp3) is 0.533. The van der Waals surface area contributed by atoms with Crippen LogP contribution in [0.2, 0.25) is 0 Å². The molecule has 0 spiro atoms. The van der Waals surface area contributed by atoms with Crippen LogP contribution in [0, 0.1) is 23.0 Å². The molecule has 1 amide bonds. The van der Waals surface area contributed by atoms with E-state index in [1.54, 1.807) is 6.92 Å². The van der Waals surface area contributed by atoms with Gasteiger partial charge in [-0.25, -0.2) is 9.55 Å². The van der Waals surface area contributed by atoms with Gasteiger partial charge in [0.25, 0.3) is 5.91 Å². The van der Waals surface area contributed by atoms with E-state index in [0.717, 1.165) is 6.20 Å². The van der Waals surface area contributed by atoms with Gasteiger partial charge in [0.15, 0.2) is 11.6 Å². The van der Waals surface area contributed by atoms with E-state index in [0.29, 0.717) is 5.82 Å². The Bertz CT molecular complexity index is 734. The highest BCUT2D eigenvalue weighted by molar-refractivity contribution is 6.20. The Balaban J connectivity index is 2.27. The quantitative estimate of drug-likeness (QED) is 0.476. The first-order chi connectivity index (χ1) is 11.2. The molecule has 24 heavy (non-hydrogen) atoms. The van der Waals surface area contributed by atoms with E-state index >= 15 is 0 Å². The second kappa shape index (κ2) is 6.42. The smallest absolute Gasteiger partial charge is 0.342 e. The molecule has 1 aliphatic rings. The number of nitrogens with zero attached hydrogens (tertiary/aromatic N) is 4. The third kappa shape index (κ3) is 2.89. The molecule has 130 valence electrons. The lowest BCUT2D eigenvalue weighted by atomic mass is 10.0. The summed E-state index contributed by atoms with van der Waals surface area (Å²) < 4.78 is 1.40. The zero-order chi connectivity index (χ0) is 18.2. The number of amides is 1. The highest BCUT2D eigenvalue weighted by Crippen LogP contribution is 2.30. The van der Waals surface area contributed by atoms with Crippen molar-refractivity contribution in [1.29, 1.82) is 0 Å². The molecular weight excluding hydrogens is 316 g/mol. The van der Waals surface area contributed by atoms with E-state index < -0.39 is 22.7 Å². The van der Waals surface area contributed by atoms with Gasteiger partial charge in [-0.1, -0.05) is 13.8 Å². The molecule has 0 saturated heterocycles. The number of carbonyl (C=O) groups excluding carboxylic acids is 2. The minimum Gasteiger partial charge on any atom is -0.509 e. The van der Waals surface area contributed by atoms with Crippen LogP contribution in [0.3, 0.4) is 0 Å². The van der Waals surface area contributed by atoms with Gasteiger partial charge in [0.05, 0.1) is 12.6 Å². The Kier molecular flexibility index (Phi) is 4.72. The molecule has 1 atom stereocenters. The second-order valence-corrected chi connectivity index (χ2v) is 6.08. The third-order valence-corrected chi connectivity index (χ3v) is 4.12. The summed E-state index contributed by atoms with van der Waals surface area (Å²) in [6.45, 7) is 6.80. The fourth-order valence-corrected chi connectivity index (χ4v) is 3.01. The number of imidazole rings is 1. The van der Waals surface area contributed by atoms with Gasteiger partial charge in [0, 0.05) is 6.92 Å². The largest absolute Gasteiger partial charge is 0.509 e. The summed E-state index contributed by atoms with van der Waals surface area (Å²) in [4.78, 5) is 39.9. The molecule has 0 fully saturated rings. The van der Waals surface area contributed by atoms with E-state index in [9.17, 15) is 24.8 Å². The zero-order valence-corrected chi connectivity index (χ0v) is 14.0. The van der Waals surface area contributed by atoms with Gasteiger partial charge in [-0.3, -0.25) is 9.59 Å². The first-order valence-electron chi connectivity index (χ1n) is 7.58. The van der Waals surface area contributed by atoms with E-state index in [1.807, 2.05) is 13.8 Å². The lowest BCUT2D eigenvalue weighted by Crippen LogP contribution is -2.41. The van der Waals surface area contributed by atoms with Crippen LogP contribution in [0.5, 0.6) is 0 Å². The first kappa shape index (κ1) is 17.6. The Morgan fingerprint density at radius 3 is 2.58 bits per heavy atom. The standard InChI is InChI=1S/C15H20N4O5/c1-8(2)13-14(21)12(9(3)20)15(22)18(13)6-5-17-10(4)16-7-11(17)19(23)24/h7-8,13,21H,5-6H2,1-4H3. The summed E-state index contributed by atoms with van der Waals surface area (Å²) in [5.41, 5.74) is -0.203. The molecule has 1 aromatic rings. The van der Waals surface area contributed by atoms with Gasteiger partial charge in [0.1, 0.15) is 24.1 Å². The topological polar surface area (TPSA) is 119 Å². The van der Waals surface area contributed by atoms with Gasteiger partial charge in [-0.2, -0.15) is 0 Å². The summed E-state index contributed by atoms with van der Waals surface area (Å²) in [6, 6.07) is -0.612. The van der Waals surface area contributed by atoms with Crippen molar-refractivity contribution in [3.8, 4) is 0 Å². The monoisotopic (exact) mass is 336 g/mol. The summed E-state index contributed by atoms with van der Waals surface area (Å²) in [7, 11) is 0. The third-order valence-electron chi connectivity index (χ3n) is 4.12. The molecule has 1 unspecified atom stereocenters. The Hall–Kier alpha value is -2.71. The molecule has 0 bridgehead atoms. The summed E-state index contributed by atoms with van der Waals surface area (Å²) in [5.74, 6) is -1.07. The van der Waals surface area contributed by atoms with E-state index in [-0.39, 0.29) is 36.2 Å². The number of aliphatic hydroxyl groups excluding tert-OH is 1. The van der Waals surface area contributed by atoms with Crippen molar-refractivity contribution in [3.63, 3.8) is 0 Å². The Morgan fingerprint density at radius 1 is 1.46 bits per heavy atom. The van der Waals surface area contributed by atoms with Crippen LogP contribution in [0.25, 0.3) is 0 Å². The first-order valence-corrected chi connectivity index (χ1v) is 7.58. The maximum atomic E-state index is 12.5. The number of aryl methyl sites for hydroxylation is 1. The van der Waals surface area contributed by atoms with Gasteiger partial charge < -0.3 is 20.1 Å². The van der Waals surface area contributed by atoms with Gasteiger partial charge in [-0.15, -0.1) is 0 Å². The fourth-order valence-electron chi connectivity index (χ4n) is 3.01. The van der Waals surface area contributed by atoms with Crippen LogP contribution >= 0.6 is 0 Å². The molecule has 1 N–H and O–H groups in total. The minimum absolute atomic E-state index is 0.107. The van der Waals surface area contributed by atoms with E-state index in [4.69, 9.17) is 0 Å². The maximum Gasteiger partial charge on any atom is 0.342 e. The van der Waals surface area contributed by atoms with E-state index in [1.165, 1.54) is 16.4 Å². The second-order valence-electron chi connectivity index (χ2n) is 6.08. The van der Waals surface area contributed by atoms with Gasteiger partial charge in [-0.05, 0) is 17.8 Å². The number of Topliss-reactive ketones (excluding diaryl/α,β-unsaturated/α-hetero) is 1. The van der Waals surface area contributed by atoms with Crippen molar-refractivity contribution in [3.05, 3.63) is 33.5 Å². The number of hydrogen-bond acceptors (Lipinski definition) is 6. The van der Waals surface area contributed by atoms with Crippen LogP contribution in [-0.2, 0) is 16.1 Å². The summed E-state index contributed by atoms with van der Waals surface area (Å²) in [5, 5.41) is 21.3. The van der Waals surface area contributed by atoms with Crippen LogP contribution in [0.4, 0.5) is 5.82 Å². The predicted octanol–water partition coefficient (Wildman–Crippen LogP) is 1.37. The average Bonchev–Trinajstić information content (AvgIpc) is 2.94. The summed E-state index contributed by atoms with van der Waals surface area (Å²) >= 11 is 0. The maximum absolute atomic E-state index is 12.5. The number of aromatic nitrogens is 2. The number of ketones is 1. The highest BCUT2D eigenvalue weighted by atomic mass is 16.6. The van der Waals surface area contributed by atoms with Crippen molar-refractivity contribution < 1.29 is 19.6 Å². The molecule has 1 aliphatic heterocycles. The lowest BCUT2D eigenvalue weighted by molar-refractivity contribution is -0.392. The molecule has 0 aliphatic carbocycles. The SMILES string of the molecule is CC(=O)C1=C(O)C(C(C)C)N(CCn2c([N+](=O)[O-])cnc2C)C1=O. The molecule has 0 radical (unpaired) electrons. The number of hydrogen-bond donors (Lipinski definition) is 1. The van der Waals surface area contributed by atoms with Gasteiger partial charge >= 0.3 is 5.82 Å². The van der Waals surface area contributed by atoms with Crippen LogP contribution in [0.1, 0.15) is 26.6 Å². The highest BCUT2D eigenvalue weighted by Gasteiger charge is 2.42. The number of aliphatic hydroxyl groups is 1. The average molecular weight is 336 g/mol. The molecular formula is C15H20N4O5. The molecule has 0 saturated carbocycles. The predicted molar refractivity (Wildman–Crippen MR) is 84.3 cm³/mol. The van der Waals surface area contributed by atoms with Crippen LogP contribution in [-0.4, -0.2) is 48.8 Å². The minimum atomic E-state index is -0.612. The Labute approximate surface area is 138 Å². The van der Waals surface area contributed by atoms with Crippen molar-refractivity contribution in [1.82, 2.24) is 14.5 Å². The van der Waals surface area contributed by atoms with Crippen molar-refractivity contribution >= 4 is 17.5 Å². The van der Waals surface area contributed by atoms with Crippen LogP contribution < -0.4 is 0 Å². The molecule has 2 rings (SSSR count). The van der Waals surface area contributed by atoms with Gasteiger partial charge in [0.2, 0.25) is 0 Å². The molecule has 9 nitrogen and oxygen atoms in total. The van der Waals surface area contributed by atoms with E-state index in [2.05, 4.69) is 4.98 Å². The summed E-state index contributed by atoms with van der Waals surface area (Å²) in [6.07, 6.45) is 1.16.